The maximum atomic E-state index is 9.59. The van der Waals surface area contributed by atoms with Crippen LogP contribution in [0.25, 0.3) is 0 Å². The van der Waals surface area contributed by atoms with Crippen LogP contribution >= 0.6 is 0 Å². The fraction of sp³-hybridized carbons (Fsp3) is 1.00. The van der Waals surface area contributed by atoms with Gasteiger partial charge in [0.25, 0.3) is 0 Å². The van der Waals surface area contributed by atoms with Gasteiger partial charge in [0, 0.05) is 13.2 Å². The van der Waals surface area contributed by atoms with Crippen LogP contribution in [0, 0.1) is 0 Å². The highest BCUT2D eigenvalue weighted by molar-refractivity contribution is 4.78. The lowest BCUT2D eigenvalue weighted by atomic mass is 10.0. The quantitative estimate of drug-likeness (QED) is 0.661. The van der Waals surface area contributed by atoms with Gasteiger partial charge in [0.2, 0.25) is 0 Å². The van der Waals surface area contributed by atoms with Crippen LogP contribution in [0.3, 0.4) is 0 Å². The van der Waals surface area contributed by atoms with Crippen molar-refractivity contribution in [3.63, 3.8) is 0 Å². The topological polar surface area (TPSA) is 38.7 Å². The average molecular weight is 176 g/mol. The van der Waals surface area contributed by atoms with Gasteiger partial charge in [-0.2, -0.15) is 0 Å². The Balaban J connectivity index is 3.79. The Labute approximate surface area is 74.7 Å². The van der Waals surface area contributed by atoms with Crippen LogP contribution in [0.2, 0.25) is 0 Å². The molecule has 0 spiro atoms. The van der Waals surface area contributed by atoms with Gasteiger partial charge in [0.05, 0.1) is 12.2 Å². The number of hydrogen-bond donors (Lipinski definition) is 1. The van der Waals surface area contributed by atoms with Gasteiger partial charge in [-0.05, 0) is 27.7 Å². The van der Waals surface area contributed by atoms with E-state index in [4.69, 9.17) is 9.47 Å². The van der Waals surface area contributed by atoms with Crippen molar-refractivity contribution in [3.8, 4) is 0 Å². The predicted molar refractivity (Wildman–Crippen MR) is 48.2 cm³/mol. The van der Waals surface area contributed by atoms with E-state index < -0.39 is 11.7 Å². The lowest BCUT2D eigenvalue weighted by Crippen LogP contribution is -2.42. The zero-order valence-electron chi connectivity index (χ0n) is 8.46. The molecule has 1 unspecified atom stereocenters. The van der Waals surface area contributed by atoms with Gasteiger partial charge in [0.15, 0.2) is 0 Å². The van der Waals surface area contributed by atoms with E-state index >= 15 is 0 Å². The Kier molecular flexibility index (Phi) is 5.46. The van der Waals surface area contributed by atoms with E-state index in [0.29, 0.717) is 19.8 Å². The summed E-state index contributed by atoms with van der Waals surface area (Å²) in [6.45, 7) is 9.11. The van der Waals surface area contributed by atoms with Gasteiger partial charge in [-0.15, -0.1) is 0 Å². The van der Waals surface area contributed by atoms with Crippen LogP contribution in [0.5, 0.6) is 0 Å². The number of aliphatic hydroxyl groups is 1. The summed E-state index contributed by atoms with van der Waals surface area (Å²) < 4.78 is 10.5. The molecule has 1 atom stereocenters. The van der Waals surface area contributed by atoms with Gasteiger partial charge in [-0.3, -0.25) is 0 Å². The van der Waals surface area contributed by atoms with Crippen LogP contribution in [-0.2, 0) is 9.47 Å². The van der Waals surface area contributed by atoms with Crippen molar-refractivity contribution in [2.45, 2.75) is 39.4 Å². The van der Waals surface area contributed by atoms with Gasteiger partial charge >= 0.3 is 0 Å². The standard InChI is InChI=1S/C9H20O3/c1-5-11-7-8(10)9(3,4)12-6-2/h8,10H,5-7H2,1-4H3. The molecule has 0 rings (SSSR count). The van der Waals surface area contributed by atoms with Crippen LogP contribution in [0.1, 0.15) is 27.7 Å². The molecule has 0 aromatic carbocycles. The molecule has 0 saturated heterocycles. The second-order valence-electron chi connectivity index (χ2n) is 3.21. The van der Waals surface area contributed by atoms with E-state index in [-0.39, 0.29) is 0 Å². The van der Waals surface area contributed by atoms with Gasteiger partial charge in [-0.25, -0.2) is 0 Å². The number of rotatable bonds is 6. The van der Waals surface area contributed by atoms with Crippen molar-refractivity contribution in [2.24, 2.45) is 0 Å². The first-order chi connectivity index (χ1) is 5.54. The molecule has 0 fully saturated rings. The summed E-state index contributed by atoms with van der Waals surface area (Å²) in [7, 11) is 0. The highest BCUT2D eigenvalue weighted by Crippen LogP contribution is 2.14. The zero-order valence-corrected chi connectivity index (χ0v) is 8.46. The molecule has 0 radical (unpaired) electrons. The zero-order chi connectivity index (χ0) is 9.61. The largest absolute Gasteiger partial charge is 0.388 e. The smallest absolute Gasteiger partial charge is 0.106 e. The summed E-state index contributed by atoms with van der Waals surface area (Å²) in [5, 5.41) is 9.59. The van der Waals surface area contributed by atoms with Gasteiger partial charge < -0.3 is 14.6 Å². The second kappa shape index (κ2) is 5.51. The first-order valence-corrected chi connectivity index (χ1v) is 4.44. The molecule has 1 N–H and O–H groups in total. The van der Waals surface area contributed by atoms with Crippen LogP contribution in [0.15, 0.2) is 0 Å². The van der Waals surface area contributed by atoms with E-state index in [9.17, 15) is 5.11 Å². The Bertz CT molecular complexity index is 112. The highest BCUT2D eigenvalue weighted by Gasteiger charge is 2.27. The van der Waals surface area contributed by atoms with E-state index in [1.165, 1.54) is 0 Å². The third-order valence-corrected chi connectivity index (χ3v) is 1.80. The molecule has 12 heavy (non-hydrogen) atoms. The van der Waals surface area contributed by atoms with Crippen molar-refractivity contribution in [1.82, 2.24) is 0 Å². The van der Waals surface area contributed by atoms with Crippen LogP contribution in [-0.4, -0.2) is 36.6 Å². The molecular weight excluding hydrogens is 156 g/mol. The Morgan fingerprint density at radius 2 is 1.83 bits per heavy atom. The highest BCUT2D eigenvalue weighted by atomic mass is 16.5. The molecule has 0 aliphatic rings. The summed E-state index contributed by atoms with van der Waals surface area (Å²) in [5.74, 6) is 0. The molecule has 0 amide bonds. The monoisotopic (exact) mass is 176 g/mol. The summed E-state index contributed by atoms with van der Waals surface area (Å²) in [6, 6.07) is 0. The molecular formula is C9H20O3. The SMILES string of the molecule is CCOCC(O)C(C)(C)OCC. The first-order valence-electron chi connectivity index (χ1n) is 4.44. The lowest BCUT2D eigenvalue weighted by molar-refractivity contribution is -0.120. The third kappa shape index (κ3) is 4.04. The van der Waals surface area contributed by atoms with Crippen LogP contribution < -0.4 is 0 Å². The molecule has 0 aliphatic carbocycles. The molecule has 0 aliphatic heterocycles. The molecule has 3 nitrogen and oxygen atoms in total. The van der Waals surface area contributed by atoms with Crippen LogP contribution in [0.4, 0.5) is 0 Å². The van der Waals surface area contributed by atoms with Gasteiger partial charge in [0.1, 0.15) is 6.10 Å². The maximum Gasteiger partial charge on any atom is 0.106 e. The van der Waals surface area contributed by atoms with Crippen molar-refractivity contribution < 1.29 is 14.6 Å². The Morgan fingerprint density at radius 3 is 2.25 bits per heavy atom. The first kappa shape index (κ1) is 11.9. The molecule has 0 heterocycles. The predicted octanol–water partition coefficient (Wildman–Crippen LogP) is 1.20. The molecule has 0 aromatic heterocycles. The summed E-state index contributed by atoms with van der Waals surface area (Å²) in [4.78, 5) is 0. The van der Waals surface area contributed by atoms with Crippen molar-refractivity contribution >= 4 is 0 Å². The van der Waals surface area contributed by atoms with E-state index in [0.717, 1.165) is 0 Å². The fourth-order valence-corrected chi connectivity index (χ4v) is 0.898. The number of ether oxygens (including phenoxy) is 2. The summed E-state index contributed by atoms with van der Waals surface area (Å²) in [5.41, 5.74) is -0.510. The fourth-order valence-electron chi connectivity index (χ4n) is 0.898. The Morgan fingerprint density at radius 1 is 1.25 bits per heavy atom. The second-order valence-corrected chi connectivity index (χ2v) is 3.21. The van der Waals surface area contributed by atoms with E-state index in [1.807, 2.05) is 27.7 Å². The van der Waals surface area contributed by atoms with Gasteiger partial charge in [-0.1, -0.05) is 0 Å². The molecule has 0 bridgehead atoms. The van der Waals surface area contributed by atoms with Crippen molar-refractivity contribution in [1.29, 1.82) is 0 Å². The lowest BCUT2D eigenvalue weighted by Gasteiger charge is -2.29. The molecule has 3 heteroatoms. The van der Waals surface area contributed by atoms with E-state index in [1.54, 1.807) is 0 Å². The van der Waals surface area contributed by atoms with Crippen molar-refractivity contribution in [3.05, 3.63) is 0 Å². The average Bonchev–Trinajstić information content (AvgIpc) is 2.00. The summed E-state index contributed by atoms with van der Waals surface area (Å²) in [6.07, 6.45) is -0.558. The third-order valence-electron chi connectivity index (χ3n) is 1.80. The van der Waals surface area contributed by atoms with E-state index in [2.05, 4.69) is 0 Å². The number of hydrogen-bond acceptors (Lipinski definition) is 3. The minimum Gasteiger partial charge on any atom is -0.388 e. The molecule has 0 aromatic rings. The molecule has 0 saturated carbocycles. The minimum absolute atomic E-state index is 0.337. The van der Waals surface area contributed by atoms with Crippen molar-refractivity contribution in [2.75, 3.05) is 19.8 Å². The normalized spacial score (nSPS) is 14.8. The summed E-state index contributed by atoms with van der Waals surface area (Å²) >= 11 is 0. The maximum absolute atomic E-state index is 9.59. The Hall–Kier alpha value is -0.120. The molecule has 74 valence electrons. The minimum atomic E-state index is -0.558. The number of aliphatic hydroxyl groups excluding tert-OH is 1.